The third kappa shape index (κ3) is 2.13. The Morgan fingerprint density at radius 3 is 2.73 bits per heavy atom. The van der Waals surface area contributed by atoms with E-state index in [1.54, 1.807) is 0 Å². The molecule has 0 unspecified atom stereocenters. The van der Waals surface area contributed by atoms with E-state index in [1.165, 1.54) is 0 Å². The minimum absolute atomic E-state index is 0.212. The van der Waals surface area contributed by atoms with Gasteiger partial charge >= 0.3 is 0 Å². The predicted octanol–water partition coefficient (Wildman–Crippen LogP) is -0.542. The van der Waals surface area contributed by atoms with Crippen LogP contribution in [0.15, 0.2) is 0 Å². The molecule has 1 aliphatic heterocycles. The molecular formula is C7H15NO3. The normalized spacial score (nSPS) is 32.2. The summed E-state index contributed by atoms with van der Waals surface area (Å²) in [5.74, 6) is -0.569. The van der Waals surface area contributed by atoms with Crippen LogP contribution in [0, 0.1) is 0 Å². The van der Waals surface area contributed by atoms with E-state index in [9.17, 15) is 5.11 Å². The van der Waals surface area contributed by atoms with Gasteiger partial charge in [0, 0.05) is 6.54 Å². The second kappa shape index (κ2) is 3.06. The van der Waals surface area contributed by atoms with Crippen molar-refractivity contribution >= 4 is 0 Å². The summed E-state index contributed by atoms with van der Waals surface area (Å²) in [5.41, 5.74) is 5.25. The highest BCUT2D eigenvalue weighted by atomic mass is 16.7. The maximum atomic E-state index is 9.26. The molecule has 4 heteroatoms. The summed E-state index contributed by atoms with van der Waals surface area (Å²) in [6.45, 7) is 4.27. The van der Waals surface area contributed by atoms with Crippen molar-refractivity contribution in [2.75, 3.05) is 13.2 Å². The van der Waals surface area contributed by atoms with Crippen molar-refractivity contribution in [3.05, 3.63) is 0 Å². The van der Waals surface area contributed by atoms with E-state index < -0.39 is 11.9 Å². The molecule has 0 aromatic rings. The molecule has 1 heterocycles. The molecule has 0 saturated carbocycles. The first-order valence-corrected chi connectivity index (χ1v) is 3.75. The Morgan fingerprint density at radius 1 is 1.73 bits per heavy atom. The summed E-state index contributed by atoms with van der Waals surface area (Å²) in [4.78, 5) is 0. The highest BCUT2D eigenvalue weighted by Crippen LogP contribution is 2.23. The van der Waals surface area contributed by atoms with Crippen LogP contribution >= 0.6 is 0 Å². The lowest BCUT2D eigenvalue weighted by Gasteiger charge is -2.19. The van der Waals surface area contributed by atoms with Crippen molar-refractivity contribution in [2.45, 2.75) is 31.8 Å². The van der Waals surface area contributed by atoms with Crippen LogP contribution < -0.4 is 5.73 Å². The monoisotopic (exact) mass is 161 g/mol. The van der Waals surface area contributed by atoms with Crippen molar-refractivity contribution in [2.24, 2.45) is 5.73 Å². The van der Waals surface area contributed by atoms with Crippen molar-refractivity contribution in [3.63, 3.8) is 0 Å². The predicted molar refractivity (Wildman–Crippen MR) is 40.0 cm³/mol. The summed E-state index contributed by atoms with van der Waals surface area (Å²) in [7, 11) is 0. The van der Waals surface area contributed by atoms with Gasteiger partial charge in [-0.05, 0) is 13.8 Å². The molecule has 0 radical (unpaired) electrons. The molecule has 2 atom stereocenters. The molecule has 1 aliphatic rings. The topological polar surface area (TPSA) is 64.7 Å². The lowest BCUT2D eigenvalue weighted by Crippen LogP contribution is -2.36. The van der Waals surface area contributed by atoms with Gasteiger partial charge in [0.1, 0.15) is 6.10 Å². The average molecular weight is 161 g/mol. The fraction of sp³-hybridized carbons (Fsp3) is 1.00. The van der Waals surface area contributed by atoms with Gasteiger partial charge in [0.05, 0.1) is 12.7 Å². The number of hydrogen-bond donors (Lipinski definition) is 2. The molecule has 0 amide bonds. The molecule has 0 bridgehead atoms. The number of ether oxygens (including phenoxy) is 2. The Bertz CT molecular complexity index is 138. The largest absolute Gasteiger partial charge is 0.389 e. The fourth-order valence-corrected chi connectivity index (χ4v) is 1.06. The minimum Gasteiger partial charge on any atom is -0.389 e. The van der Waals surface area contributed by atoms with Gasteiger partial charge in [0.15, 0.2) is 5.79 Å². The van der Waals surface area contributed by atoms with E-state index in [2.05, 4.69) is 0 Å². The molecule has 1 saturated heterocycles. The van der Waals surface area contributed by atoms with Gasteiger partial charge in [-0.15, -0.1) is 0 Å². The van der Waals surface area contributed by atoms with E-state index in [-0.39, 0.29) is 12.6 Å². The Morgan fingerprint density at radius 2 is 2.36 bits per heavy atom. The zero-order valence-corrected chi connectivity index (χ0v) is 6.91. The zero-order chi connectivity index (χ0) is 8.48. The lowest BCUT2D eigenvalue weighted by molar-refractivity contribution is -0.150. The van der Waals surface area contributed by atoms with E-state index in [4.69, 9.17) is 15.2 Å². The molecule has 66 valence electrons. The Kier molecular flexibility index (Phi) is 2.49. The van der Waals surface area contributed by atoms with Gasteiger partial charge in [-0.2, -0.15) is 0 Å². The van der Waals surface area contributed by atoms with Crippen LogP contribution in [-0.2, 0) is 9.47 Å². The van der Waals surface area contributed by atoms with Gasteiger partial charge in [0.2, 0.25) is 0 Å². The molecule has 0 spiro atoms. The van der Waals surface area contributed by atoms with Crippen LogP contribution in [0.25, 0.3) is 0 Å². The molecule has 11 heavy (non-hydrogen) atoms. The number of hydrogen-bond acceptors (Lipinski definition) is 4. The Balaban J connectivity index is 2.41. The van der Waals surface area contributed by atoms with Gasteiger partial charge < -0.3 is 20.3 Å². The second-order valence-electron chi connectivity index (χ2n) is 3.17. The van der Waals surface area contributed by atoms with Gasteiger partial charge in [0.25, 0.3) is 0 Å². The standard InChI is InChI=1S/C7H15NO3/c1-7(2)10-4-6(11-7)5(9)3-8/h5-6,9H,3-4,8H2,1-2H3/t5-,6+/m0/s1. The summed E-state index contributed by atoms with van der Waals surface area (Å²) < 4.78 is 10.6. The molecule has 3 N–H and O–H groups in total. The van der Waals surface area contributed by atoms with Crippen LogP contribution in [0.1, 0.15) is 13.8 Å². The molecule has 1 rings (SSSR count). The van der Waals surface area contributed by atoms with Gasteiger partial charge in [-0.25, -0.2) is 0 Å². The highest BCUT2D eigenvalue weighted by molar-refractivity contribution is 4.77. The van der Waals surface area contributed by atoms with Crippen LogP contribution in [0.2, 0.25) is 0 Å². The van der Waals surface area contributed by atoms with E-state index in [0.29, 0.717) is 6.61 Å². The molecule has 4 nitrogen and oxygen atoms in total. The first-order valence-electron chi connectivity index (χ1n) is 3.75. The molecule has 0 aromatic carbocycles. The fourth-order valence-electron chi connectivity index (χ4n) is 1.06. The number of aliphatic hydroxyl groups is 1. The summed E-state index contributed by atoms with van der Waals surface area (Å²) in [6.07, 6.45) is -0.883. The number of nitrogens with two attached hydrogens (primary N) is 1. The summed E-state index contributed by atoms with van der Waals surface area (Å²) in [6, 6.07) is 0. The molecule has 0 aliphatic carbocycles. The SMILES string of the molecule is CC1(C)OC[C@H]([C@@H](O)CN)O1. The summed E-state index contributed by atoms with van der Waals surface area (Å²) in [5, 5.41) is 9.26. The van der Waals surface area contributed by atoms with Crippen LogP contribution in [0.3, 0.4) is 0 Å². The first-order chi connectivity index (χ1) is 5.05. The van der Waals surface area contributed by atoms with Crippen molar-refractivity contribution in [1.82, 2.24) is 0 Å². The van der Waals surface area contributed by atoms with Crippen molar-refractivity contribution < 1.29 is 14.6 Å². The van der Waals surface area contributed by atoms with Crippen LogP contribution in [0.4, 0.5) is 0 Å². The number of rotatable bonds is 2. The highest BCUT2D eigenvalue weighted by Gasteiger charge is 2.35. The minimum atomic E-state index is -0.614. The second-order valence-corrected chi connectivity index (χ2v) is 3.17. The molecule has 0 aromatic heterocycles. The van der Waals surface area contributed by atoms with E-state index in [0.717, 1.165) is 0 Å². The third-order valence-corrected chi connectivity index (χ3v) is 1.70. The van der Waals surface area contributed by atoms with Crippen LogP contribution in [0.5, 0.6) is 0 Å². The quantitative estimate of drug-likeness (QED) is 0.570. The third-order valence-electron chi connectivity index (χ3n) is 1.70. The maximum Gasteiger partial charge on any atom is 0.163 e. The zero-order valence-electron chi connectivity index (χ0n) is 6.91. The maximum absolute atomic E-state index is 9.26. The Labute approximate surface area is 66.3 Å². The van der Waals surface area contributed by atoms with Crippen molar-refractivity contribution in [1.29, 1.82) is 0 Å². The number of aliphatic hydroxyl groups excluding tert-OH is 1. The van der Waals surface area contributed by atoms with Crippen LogP contribution in [-0.4, -0.2) is 36.3 Å². The van der Waals surface area contributed by atoms with E-state index in [1.807, 2.05) is 13.8 Å². The van der Waals surface area contributed by atoms with Gasteiger partial charge in [-0.1, -0.05) is 0 Å². The first kappa shape index (κ1) is 8.93. The smallest absolute Gasteiger partial charge is 0.163 e. The van der Waals surface area contributed by atoms with E-state index >= 15 is 0 Å². The Hall–Kier alpha value is -0.160. The van der Waals surface area contributed by atoms with Gasteiger partial charge in [-0.3, -0.25) is 0 Å². The molecular weight excluding hydrogens is 146 g/mol. The van der Waals surface area contributed by atoms with Crippen molar-refractivity contribution in [3.8, 4) is 0 Å². The lowest BCUT2D eigenvalue weighted by atomic mass is 10.2. The average Bonchev–Trinajstić information content (AvgIpc) is 2.29. The summed E-state index contributed by atoms with van der Waals surface area (Å²) >= 11 is 0. The molecule has 1 fully saturated rings.